The number of aromatic nitrogens is 6. The van der Waals surface area contributed by atoms with Crippen molar-refractivity contribution in [3.8, 4) is 11.6 Å². The summed E-state index contributed by atoms with van der Waals surface area (Å²) in [5.41, 5.74) is 4.20. The number of nitrogens with zero attached hydrogens (tertiary/aromatic N) is 6. The predicted molar refractivity (Wildman–Crippen MR) is 124 cm³/mol. The summed E-state index contributed by atoms with van der Waals surface area (Å²) in [6.45, 7) is 2.27. The molecule has 5 rings (SSSR count). The Morgan fingerprint density at radius 3 is 2.82 bits per heavy atom. The van der Waals surface area contributed by atoms with Gasteiger partial charge in [-0.25, -0.2) is 24.0 Å². The highest BCUT2D eigenvalue weighted by Gasteiger charge is 2.27. The Morgan fingerprint density at radius 1 is 1.15 bits per heavy atom. The van der Waals surface area contributed by atoms with Gasteiger partial charge in [0.05, 0.1) is 24.8 Å². The van der Waals surface area contributed by atoms with Gasteiger partial charge in [0.1, 0.15) is 18.2 Å². The van der Waals surface area contributed by atoms with Crippen LogP contribution in [0.1, 0.15) is 52.9 Å². The van der Waals surface area contributed by atoms with Crippen molar-refractivity contribution in [1.82, 2.24) is 29.3 Å². The molecule has 168 valence electrons. The van der Waals surface area contributed by atoms with E-state index in [0.29, 0.717) is 11.7 Å². The lowest BCUT2D eigenvalue weighted by atomic mass is 9.88. The number of methoxy groups -OCH3 is 1. The quantitative estimate of drug-likeness (QED) is 0.430. The highest BCUT2D eigenvalue weighted by Crippen LogP contribution is 2.34. The minimum Gasteiger partial charge on any atom is -0.479 e. The van der Waals surface area contributed by atoms with Crippen LogP contribution in [0.3, 0.4) is 0 Å². The summed E-state index contributed by atoms with van der Waals surface area (Å²) in [5.74, 6) is 2.06. The lowest BCUT2D eigenvalue weighted by molar-refractivity contribution is 0.395. The van der Waals surface area contributed by atoms with E-state index in [0.717, 1.165) is 53.4 Å². The van der Waals surface area contributed by atoms with Crippen LogP contribution in [0.4, 0.5) is 4.39 Å². The summed E-state index contributed by atoms with van der Waals surface area (Å²) in [6, 6.07) is 11.5. The number of hydrogen-bond acceptors (Lipinski definition) is 5. The number of fused-ring (bicyclic) bond motifs is 1. The summed E-state index contributed by atoms with van der Waals surface area (Å²) in [4.78, 5) is 13.6. The smallest absolute Gasteiger partial charge is 0.238 e. The van der Waals surface area contributed by atoms with Crippen molar-refractivity contribution in [2.24, 2.45) is 0 Å². The highest BCUT2D eigenvalue weighted by molar-refractivity contribution is 5.65. The third-order valence-corrected chi connectivity index (χ3v) is 5.91. The number of hydrogen-bond donors (Lipinski definition) is 0. The molecule has 0 amide bonds. The van der Waals surface area contributed by atoms with Crippen LogP contribution >= 0.6 is 0 Å². The number of halogens is 1. The van der Waals surface area contributed by atoms with Crippen LogP contribution in [-0.4, -0.2) is 36.4 Å². The molecule has 8 heteroatoms. The Balaban J connectivity index is 1.42. The number of aryl methyl sites for hydroxylation is 2. The molecule has 1 aromatic carbocycles. The van der Waals surface area contributed by atoms with Crippen molar-refractivity contribution in [2.45, 2.75) is 38.9 Å². The summed E-state index contributed by atoms with van der Waals surface area (Å²) < 4.78 is 22.9. The molecule has 1 atom stereocenters. The average Bonchev–Trinajstić information content (AvgIpc) is 3.48. The van der Waals surface area contributed by atoms with E-state index in [1.807, 2.05) is 70.9 Å². The zero-order valence-corrected chi connectivity index (χ0v) is 18.6. The van der Waals surface area contributed by atoms with E-state index in [-0.39, 0.29) is 5.92 Å². The molecule has 0 spiro atoms. The number of pyridine rings is 1. The molecule has 3 aromatic heterocycles. The molecule has 0 radical (unpaired) electrons. The van der Waals surface area contributed by atoms with Crippen molar-refractivity contribution in [2.75, 3.05) is 7.11 Å². The molecule has 4 heterocycles. The van der Waals surface area contributed by atoms with Crippen LogP contribution in [0, 0.1) is 6.92 Å². The van der Waals surface area contributed by atoms with Crippen LogP contribution in [0.25, 0.3) is 17.8 Å². The maximum Gasteiger partial charge on any atom is 0.238 e. The van der Waals surface area contributed by atoms with Gasteiger partial charge in [0.15, 0.2) is 5.82 Å². The second kappa shape index (κ2) is 8.97. The fraction of sp³-hybridized carbons (Fsp3) is 0.280. The van der Waals surface area contributed by atoms with Crippen LogP contribution < -0.4 is 4.74 Å². The molecule has 7 nitrogen and oxygen atoms in total. The maximum atomic E-state index is 13.6. The van der Waals surface area contributed by atoms with E-state index in [1.165, 1.54) is 0 Å². The summed E-state index contributed by atoms with van der Waals surface area (Å²) >= 11 is 0. The van der Waals surface area contributed by atoms with Crippen LogP contribution in [-0.2, 0) is 13.2 Å². The van der Waals surface area contributed by atoms with Crippen molar-refractivity contribution in [1.29, 1.82) is 0 Å². The van der Waals surface area contributed by atoms with Crippen molar-refractivity contribution in [3.63, 3.8) is 0 Å². The SMILES string of the molecule is COc1nc(C=Cc2nc3n(n2)CCC[C@H]3c2ccccc2CF)ccc1-n1cnc(C)c1. The Kier molecular flexibility index (Phi) is 5.73. The van der Waals surface area contributed by atoms with E-state index in [1.54, 1.807) is 13.4 Å². The van der Waals surface area contributed by atoms with Gasteiger partial charge in [0.25, 0.3) is 0 Å². The molecule has 4 aromatic rings. The van der Waals surface area contributed by atoms with Crippen molar-refractivity contribution in [3.05, 3.63) is 83.1 Å². The molecular formula is C25H25FN6O. The Hall–Kier alpha value is -3.81. The van der Waals surface area contributed by atoms with Gasteiger partial charge in [-0.2, -0.15) is 5.10 Å². The lowest BCUT2D eigenvalue weighted by Crippen LogP contribution is -2.18. The minimum absolute atomic E-state index is 0.0523. The molecule has 0 bridgehead atoms. The van der Waals surface area contributed by atoms with Gasteiger partial charge in [-0.15, -0.1) is 0 Å². The minimum atomic E-state index is -0.476. The number of rotatable bonds is 6. The largest absolute Gasteiger partial charge is 0.479 e. The molecule has 0 saturated heterocycles. The second-order valence-electron chi connectivity index (χ2n) is 8.10. The van der Waals surface area contributed by atoms with Crippen LogP contribution in [0.2, 0.25) is 0 Å². The third kappa shape index (κ3) is 4.16. The zero-order chi connectivity index (χ0) is 22.8. The first kappa shape index (κ1) is 21.1. The second-order valence-corrected chi connectivity index (χ2v) is 8.10. The van der Waals surface area contributed by atoms with E-state index < -0.39 is 6.67 Å². The molecule has 0 unspecified atom stereocenters. The van der Waals surface area contributed by atoms with Crippen LogP contribution in [0.5, 0.6) is 5.88 Å². The highest BCUT2D eigenvalue weighted by atomic mass is 19.1. The van der Waals surface area contributed by atoms with Gasteiger partial charge in [-0.3, -0.25) is 0 Å². The maximum absolute atomic E-state index is 13.6. The van der Waals surface area contributed by atoms with Gasteiger partial charge in [-0.05, 0) is 55.2 Å². The molecule has 0 N–H and O–H groups in total. The number of benzene rings is 1. The Morgan fingerprint density at radius 2 is 2.03 bits per heavy atom. The fourth-order valence-corrected chi connectivity index (χ4v) is 4.33. The van der Waals surface area contributed by atoms with Gasteiger partial charge < -0.3 is 9.30 Å². The zero-order valence-electron chi connectivity index (χ0n) is 18.6. The van der Waals surface area contributed by atoms with E-state index in [4.69, 9.17) is 9.72 Å². The molecule has 0 aliphatic carbocycles. The standard InChI is InChI=1S/C25H25FN6O/c1-17-15-31(16-27-17)22-11-9-19(28-25(22)33-2)10-12-23-29-24-21(8-5-13-32(24)30-23)20-7-4-3-6-18(20)14-26/h3-4,6-7,9-12,15-16,21H,5,8,13-14H2,1-2H3/t21-/m0/s1. The lowest BCUT2D eigenvalue weighted by Gasteiger charge is -2.23. The average molecular weight is 445 g/mol. The van der Waals surface area contributed by atoms with Crippen LogP contribution in [0.15, 0.2) is 48.9 Å². The molecule has 0 fully saturated rings. The van der Waals surface area contributed by atoms with Gasteiger partial charge in [0, 0.05) is 18.7 Å². The van der Waals surface area contributed by atoms with E-state index in [9.17, 15) is 4.39 Å². The van der Waals surface area contributed by atoms with Gasteiger partial charge >= 0.3 is 0 Å². The number of ether oxygens (including phenoxy) is 1. The third-order valence-electron chi connectivity index (χ3n) is 5.91. The van der Waals surface area contributed by atoms with Crippen molar-refractivity contribution >= 4 is 12.2 Å². The van der Waals surface area contributed by atoms with Gasteiger partial charge in [0.2, 0.25) is 5.88 Å². The number of imidazole rings is 1. The molecule has 1 aliphatic rings. The topological polar surface area (TPSA) is 70.7 Å². The van der Waals surface area contributed by atoms with E-state index >= 15 is 0 Å². The van der Waals surface area contributed by atoms with Crippen molar-refractivity contribution < 1.29 is 9.13 Å². The Bertz CT molecular complexity index is 1310. The van der Waals surface area contributed by atoms with Gasteiger partial charge in [-0.1, -0.05) is 24.3 Å². The Labute approximate surface area is 191 Å². The normalized spacial score (nSPS) is 15.7. The summed E-state index contributed by atoms with van der Waals surface area (Å²) in [6.07, 6.45) is 9.31. The molecular weight excluding hydrogens is 419 g/mol. The monoisotopic (exact) mass is 444 g/mol. The first-order chi connectivity index (χ1) is 16.2. The molecule has 1 aliphatic heterocycles. The first-order valence-electron chi connectivity index (χ1n) is 11.0. The first-order valence-corrected chi connectivity index (χ1v) is 11.0. The summed E-state index contributed by atoms with van der Waals surface area (Å²) in [7, 11) is 1.60. The van der Waals surface area contributed by atoms with E-state index in [2.05, 4.69) is 15.1 Å². The predicted octanol–water partition coefficient (Wildman–Crippen LogP) is 4.74. The summed E-state index contributed by atoms with van der Waals surface area (Å²) in [5, 5.41) is 4.66. The number of alkyl halides is 1. The molecule has 33 heavy (non-hydrogen) atoms. The molecule has 0 saturated carbocycles. The fourth-order valence-electron chi connectivity index (χ4n) is 4.33.